The zero-order valence-electron chi connectivity index (χ0n) is 23.0. The summed E-state index contributed by atoms with van der Waals surface area (Å²) < 4.78 is 27.7. The lowest BCUT2D eigenvalue weighted by Crippen LogP contribution is -2.38. The average Bonchev–Trinajstić information content (AvgIpc) is 3.35. The summed E-state index contributed by atoms with van der Waals surface area (Å²) in [5, 5.41) is 0. The van der Waals surface area contributed by atoms with Crippen LogP contribution >= 0.6 is 0 Å². The van der Waals surface area contributed by atoms with Gasteiger partial charge in [-0.25, -0.2) is 9.37 Å². The Balaban J connectivity index is 1.12. The largest absolute Gasteiger partial charge is 0.493 e. The molecule has 6 nitrogen and oxygen atoms in total. The third kappa shape index (κ3) is 5.75. The monoisotopic (exact) mass is 541 g/mol. The van der Waals surface area contributed by atoms with Crippen LogP contribution in [-0.2, 0) is 11.3 Å². The molecule has 6 rings (SSSR count). The van der Waals surface area contributed by atoms with E-state index in [1.54, 1.807) is 12.1 Å². The van der Waals surface area contributed by atoms with E-state index in [0.29, 0.717) is 37.7 Å². The molecule has 40 heavy (non-hydrogen) atoms. The first kappa shape index (κ1) is 26.5. The van der Waals surface area contributed by atoms with Crippen LogP contribution in [-0.4, -0.2) is 53.3 Å². The van der Waals surface area contributed by atoms with Crippen LogP contribution in [0.4, 0.5) is 4.39 Å². The van der Waals surface area contributed by atoms with Gasteiger partial charge < -0.3 is 18.9 Å². The second-order valence-corrected chi connectivity index (χ2v) is 11.1. The minimum atomic E-state index is -0.232. The number of carbonyl (C=O) groups is 1. The topological polar surface area (TPSA) is 56.6 Å². The number of amides is 1. The molecule has 1 aromatic heterocycles. The van der Waals surface area contributed by atoms with Crippen LogP contribution < -0.4 is 4.74 Å². The minimum absolute atomic E-state index is 0.0609. The molecule has 3 aromatic carbocycles. The Hall–Kier alpha value is -3.71. The molecule has 0 N–H and O–H groups in total. The number of aromatic nitrogens is 2. The van der Waals surface area contributed by atoms with Crippen molar-refractivity contribution in [2.24, 2.45) is 5.92 Å². The fraction of sp³-hybridized carbons (Fsp3) is 0.394. The van der Waals surface area contributed by atoms with Crippen LogP contribution in [0.2, 0.25) is 0 Å². The summed E-state index contributed by atoms with van der Waals surface area (Å²) in [5.74, 6) is 2.44. The van der Waals surface area contributed by atoms with Crippen LogP contribution in [0.25, 0.3) is 11.0 Å². The first-order valence-electron chi connectivity index (χ1n) is 14.4. The summed E-state index contributed by atoms with van der Waals surface area (Å²) in [6.45, 7) is 6.22. The average molecular weight is 542 g/mol. The molecule has 2 aliphatic heterocycles. The predicted octanol–water partition coefficient (Wildman–Crippen LogP) is 6.36. The van der Waals surface area contributed by atoms with Gasteiger partial charge in [-0.1, -0.05) is 24.3 Å². The Labute approximate surface area is 234 Å². The number of rotatable bonds is 7. The summed E-state index contributed by atoms with van der Waals surface area (Å²) in [6, 6.07) is 20.6. The molecular formula is C33H36FN3O3. The predicted molar refractivity (Wildman–Crippen MR) is 153 cm³/mol. The maximum absolute atomic E-state index is 13.9. The van der Waals surface area contributed by atoms with Gasteiger partial charge in [-0.3, -0.25) is 4.79 Å². The molecule has 0 aliphatic carbocycles. The van der Waals surface area contributed by atoms with Crippen LogP contribution in [0.15, 0.2) is 66.7 Å². The standard InChI is InChI=1S/C33H36FN3O3/c1-23-19-27(9-10-31(23)40-22-24-13-17-39-18-14-24)33(38)36-15-11-26(12-16-36)32-35-29-7-2-3-8-30(29)37(32)21-25-5-4-6-28(34)20-25/h2-10,19-20,24,26H,11-18,21-22H2,1H3. The highest BCUT2D eigenvalue weighted by atomic mass is 19.1. The van der Waals surface area contributed by atoms with Crippen molar-refractivity contribution in [3.63, 3.8) is 0 Å². The van der Waals surface area contributed by atoms with Gasteiger partial charge >= 0.3 is 0 Å². The van der Waals surface area contributed by atoms with Crippen LogP contribution in [0.3, 0.4) is 0 Å². The van der Waals surface area contributed by atoms with Gasteiger partial charge in [-0.15, -0.1) is 0 Å². The maximum atomic E-state index is 13.9. The fourth-order valence-corrected chi connectivity index (χ4v) is 5.98. The van der Waals surface area contributed by atoms with E-state index < -0.39 is 0 Å². The van der Waals surface area contributed by atoms with Gasteiger partial charge in [0.2, 0.25) is 0 Å². The molecule has 1 amide bonds. The van der Waals surface area contributed by atoms with Gasteiger partial charge in [0.15, 0.2) is 0 Å². The van der Waals surface area contributed by atoms with Crippen molar-refractivity contribution in [1.29, 1.82) is 0 Å². The fourth-order valence-electron chi connectivity index (χ4n) is 5.98. The highest BCUT2D eigenvalue weighted by Crippen LogP contribution is 2.32. The van der Waals surface area contributed by atoms with E-state index in [-0.39, 0.29) is 17.6 Å². The summed E-state index contributed by atoms with van der Waals surface area (Å²) in [7, 11) is 0. The van der Waals surface area contributed by atoms with E-state index in [0.717, 1.165) is 72.6 Å². The quantitative estimate of drug-likeness (QED) is 0.273. The van der Waals surface area contributed by atoms with E-state index in [4.69, 9.17) is 14.5 Å². The van der Waals surface area contributed by atoms with Crippen LogP contribution in [0.5, 0.6) is 5.75 Å². The van der Waals surface area contributed by atoms with E-state index >= 15 is 0 Å². The molecule has 0 radical (unpaired) electrons. The van der Waals surface area contributed by atoms with Gasteiger partial charge in [0.05, 0.1) is 17.6 Å². The number of halogens is 1. The molecule has 2 fully saturated rings. The highest BCUT2D eigenvalue weighted by Gasteiger charge is 2.28. The minimum Gasteiger partial charge on any atom is -0.493 e. The van der Waals surface area contributed by atoms with Gasteiger partial charge in [0, 0.05) is 44.3 Å². The lowest BCUT2D eigenvalue weighted by atomic mass is 9.95. The Morgan fingerprint density at radius 2 is 1.80 bits per heavy atom. The molecule has 2 aliphatic rings. The highest BCUT2D eigenvalue weighted by molar-refractivity contribution is 5.94. The Morgan fingerprint density at radius 1 is 1.00 bits per heavy atom. The van der Waals surface area contributed by atoms with Gasteiger partial charge in [-0.05, 0) is 92.1 Å². The number of imidazole rings is 1. The number of carbonyl (C=O) groups excluding carboxylic acids is 1. The van der Waals surface area contributed by atoms with Crippen molar-refractivity contribution in [2.75, 3.05) is 32.9 Å². The third-order valence-electron chi connectivity index (χ3n) is 8.30. The van der Waals surface area contributed by atoms with E-state index in [1.807, 2.05) is 54.3 Å². The number of likely N-dealkylation sites (tertiary alicyclic amines) is 1. The van der Waals surface area contributed by atoms with Crippen LogP contribution in [0, 0.1) is 18.7 Å². The van der Waals surface area contributed by atoms with E-state index in [9.17, 15) is 9.18 Å². The molecular weight excluding hydrogens is 505 g/mol. The Morgan fingerprint density at radius 3 is 2.58 bits per heavy atom. The number of fused-ring (bicyclic) bond motifs is 1. The van der Waals surface area contributed by atoms with Crippen molar-refractivity contribution < 1.29 is 18.7 Å². The molecule has 7 heteroatoms. The Bertz CT molecular complexity index is 1490. The van der Waals surface area contributed by atoms with Gasteiger partial charge in [0.1, 0.15) is 17.4 Å². The summed E-state index contributed by atoms with van der Waals surface area (Å²) in [4.78, 5) is 20.4. The number of nitrogens with zero attached hydrogens (tertiary/aromatic N) is 3. The van der Waals surface area contributed by atoms with Gasteiger partial charge in [0.25, 0.3) is 5.91 Å². The summed E-state index contributed by atoms with van der Waals surface area (Å²) in [5.41, 5.74) is 4.59. The molecule has 0 spiro atoms. The smallest absolute Gasteiger partial charge is 0.253 e. The summed E-state index contributed by atoms with van der Waals surface area (Å²) in [6.07, 6.45) is 3.74. The number of benzene rings is 3. The number of hydrogen-bond donors (Lipinski definition) is 0. The van der Waals surface area contributed by atoms with Crippen molar-refractivity contribution in [3.8, 4) is 5.75 Å². The SMILES string of the molecule is Cc1cc(C(=O)N2CCC(c3nc4ccccc4n3Cc3cccc(F)c3)CC2)ccc1OCC1CCOCC1. The first-order chi connectivity index (χ1) is 19.5. The first-order valence-corrected chi connectivity index (χ1v) is 14.4. The zero-order chi connectivity index (χ0) is 27.5. The maximum Gasteiger partial charge on any atom is 0.253 e. The molecule has 0 bridgehead atoms. The van der Waals surface area contributed by atoms with E-state index in [1.165, 1.54) is 6.07 Å². The number of hydrogen-bond acceptors (Lipinski definition) is 4. The van der Waals surface area contributed by atoms with Crippen molar-refractivity contribution >= 4 is 16.9 Å². The molecule has 0 saturated carbocycles. The van der Waals surface area contributed by atoms with Crippen molar-refractivity contribution in [1.82, 2.24) is 14.5 Å². The number of para-hydroxylation sites is 2. The number of piperidine rings is 1. The molecule has 208 valence electrons. The van der Waals surface area contributed by atoms with Crippen molar-refractivity contribution in [3.05, 3.63) is 95.1 Å². The lowest BCUT2D eigenvalue weighted by Gasteiger charge is -2.32. The molecule has 4 aromatic rings. The zero-order valence-corrected chi connectivity index (χ0v) is 23.0. The Kier molecular flexibility index (Phi) is 7.82. The van der Waals surface area contributed by atoms with E-state index in [2.05, 4.69) is 10.6 Å². The number of ether oxygens (including phenoxy) is 2. The van der Waals surface area contributed by atoms with Crippen LogP contribution in [0.1, 0.15) is 58.9 Å². The third-order valence-corrected chi connectivity index (χ3v) is 8.30. The second kappa shape index (κ2) is 11.8. The number of aryl methyl sites for hydroxylation is 1. The second-order valence-electron chi connectivity index (χ2n) is 11.1. The molecule has 0 unspecified atom stereocenters. The molecule has 3 heterocycles. The van der Waals surface area contributed by atoms with Crippen molar-refractivity contribution in [2.45, 2.75) is 45.1 Å². The lowest BCUT2D eigenvalue weighted by molar-refractivity contribution is 0.0496. The normalized spacial score (nSPS) is 16.9. The molecule has 0 atom stereocenters. The molecule has 2 saturated heterocycles. The summed E-state index contributed by atoms with van der Waals surface area (Å²) >= 11 is 0. The van der Waals surface area contributed by atoms with Gasteiger partial charge in [-0.2, -0.15) is 0 Å².